The minimum Gasteiger partial charge on any atom is -0.478 e. The summed E-state index contributed by atoms with van der Waals surface area (Å²) >= 11 is 1.71. The topological polar surface area (TPSA) is 72.9 Å². The number of carboxylic acid groups (broad SMARTS) is 1. The quantitative estimate of drug-likeness (QED) is 0.893. The number of nitrogens with one attached hydrogen (secondary N) is 1. The van der Waals surface area contributed by atoms with Gasteiger partial charge in [-0.15, -0.1) is 11.3 Å². The molecule has 7 heteroatoms. The van der Waals surface area contributed by atoms with Gasteiger partial charge in [0, 0.05) is 32.7 Å². The molecule has 1 aromatic carbocycles. The van der Waals surface area contributed by atoms with Crippen LogP contribution in [0.15, 0.2) is 41.8 Å². The highest BCUT2D eigenvalue weighted by Crippen LogP contribution is 2.22. The molecule has 2 heterocycles. The van der Waals surface area contributed by atoms with Crippen LogP contribution in [-0.2, 0) is 6.54 Å². The van der Waals surface area contributed by atoms with Crippen molar-refractivity contribution in [3.8, 4) is 0 Å². The van der Waals surface area contributed by atoms with Crippen LogP contribution in [0.3, 0.4) is 0 Å². The number of anilines is 1. The first-order chi connectivity index (χ1) is 11.6. The highest BCUT2D eigenvalue weighted by molar-refractivity contribution is 7.14. The van der Waals surface area contributed by atoms with Crippen molar-refractivity contribution in [2.45, 2.75) is 6.54 Å². The molecule has 0 saturated carbocycles. The second kappa shape index (κ2) is 7.35. The second-order valence-corrected chi connectivity index (χ2v) is 6.51. The summed E-state index contributed by atoms with van der Waals surface area (Å²) in [7, 11) is 0. The predicted octanol–water partition coefficient (Wildman–Crippen LogP) is 2.48. The van der Waals surface area contributed by atoms with Crippen molar-refractivity contribution in [1.82, 2.24) is 10.2 Å². The summed E-state index contributed by atoms with van der Waals surface area (Å²) in [6.07, 6.45) is 0. The average molecular weight is 345 g/mol. The number of carbonyl (C=O) groups excluding carboxylic acids is 1. The van der Waals surface area contributed by atoms with Crippen molar-refractivity contribution >= 4 is 28.3 Å². The summed E-state index contributed by atoms with van der Waals surface area (Å²) in [4.78, 5) is 27.2. The monoisotopic (exact) mass is 345 g/mol. The highest BCUT2D eigenvalue weighted by atomic mass is 32.1. The maximum atomic E-state index is 12.2. The molecule has 6 nitrogen and oxygen atoms in total. The molecule has 3 rings (SSSR count). The zero-order valence-corrected chi connectivity index (χ0v) is 14.0. The van der Waals surface area contributed by atoms with E-state index in [1.807, 2.05) is 11.0 Å². The Morgan fingerprint density at radius 2 is 1.79 bits per heavy atom. The molecule has 0 radical (unpaired) electrons. The van der Waals surface area contributed by atoms with Gasteiger partial charge in [0.1, 0.15) is 0 Å². The van der Waals surface area contributed by atoms with E-state index in [0.29, 0.717) is 19.6 Å². The van der Waals surface area contributed by atoms with E-state index in [4.69, 9.17) is 5.11 Å². The molecular weight excluding hydrogens is 326 g/mol. The fourth-order valence-electron chi connectivity index (χ4n) is 2.63. The first kappa shape index (κ1) is 16.3. The minimum atomic E-state index is -0.950. The van der Waals surface area contributed by atoms with Crippen LogP contribution in [0.4, 0.5) is 9.80 Å². The largest absolute Gasteiger partial charge is 0.478 e. The zero-order valence-electron chi connectivity index (χ0n) is 13.1. The Morgan fingerprint density at radius 3 is 2.38 bits per heavy atom. The molecule has 1 aromatic heterocycles. The van der Waals surface area contributed by atoms with Crippen LogP contribution < -0.4 is 10.2 Å². The van der Waals surface area contributed by atoms with E-state index >= 15 is 0 Å². The number of hydrogen-bond donors (Lipinski definition) is 2. The number of carbonyl (C=O) groups is 2. The van der Waals surface area contributed by atoms with Gasteiger partial charge in [-0.05, 0) is 35.2 Å². The van der Waals surface area contributed by atoms with Gasteiger partial charge in [-0.2, -0.15) is 0 Å². The van der Waals surface area contributed by atoms with E-state index in [1.165, 1.54) is 5.00 Å². The van der Waals surface area contributed by atoms with Gasteiger partial charge in [0.05, 0.1) is 10.6 Å². The maximum Gasteiger partial charge on any atom is 0.335 e. The van der Waals surface area contributed by atoms with E-state index in [9.17, 15) is 9.59 Å². The Kier molecular flexibility index (Phi) is 5.00. The summed E-state index contributed by atoms with van der Waals surface area (Å²) in [5, 5.41) is 15.1. The van der Waals surface area contributed by atoms with Gasteiger partial charge in [-0.1, -0.05) is 12.1 Å². The molecular formula is C17H19N3O3S. The lowest BCUT2D eigenvalue weighted by Crippen LogP contribution is -2.51. The number of thiophene rings is 1. The number of hydrogen-bond acceptors (Lipinski definition) is 4. The summed E-state index contributed by atoms with van der Waals surface area (Å²) < 4.78 is 0. The van der Waals surface area contributed by atoms with Gasteiger partial charge >= 0.3 is 12.0 Å². The molecule has 1 saturated heterocycles. The molecule has 0 spiro atoms. The Balaban J connectivity index is 1.46. The van der Waals surface area contributed by atoms with E-state index in [2.05, 4.69) is 21.7 Å². The highest BCUT2D eigenvalue weighted by Gasteiger charge is 2.21. The number of nitrogens with zero attached hydrogens (tertiary/aromatic N) is 2. The fourth-order valence-corrected chi connectivity index (χ4v) is 3.42. The molecule has 1 aliphatic rings. The fraction of sp³-hybridized carbons (Fsp3) is 0.294. The van der Waals surface area contributed by atoms with Crippen LogP contribution in [-0.4, -0.2) is 48.2 Å². The number of benzene rings is 1. The smallest absolute Gasteiger partial charge is 0.335 e. The normalized spacial score (nSPS) is 14.5. The van der Waals surface area contributed by atoms with Gasteiger partial charge in [0.2, 0.25) is 0 Å². The van der Waals surface area contributed by atoms with Crippen molar-refractivity contribution in [2.75, 3.05) is 31.1 Å². The number of amides is 2. The first-order valence-electron chi connectivity index (χ1n) is 7.77. The molecule has 24 heavy (non-hydrogen) atoms. The third-order valence-corrected chi connectivity index (χ3v) is 4.96. The molecule has 0 aliphatic carbocycles. The van der Waals surface area contributed by atoms with Gasteiger partial charge in [0.15, 0.2) is 0 Å². The van der Waals surface area contributed by atoms with Gasteiger partial charge in [-0.3, -0.25) is 0 Å². The van der Waals surface area contributed by atoms with Crippen molar-refractivity contribution < 1.29 is 14.7 Å². The molecule has 2 N–H and O–H groups in total. The number of rotatable bonds is 4. The molecule has 126 valence electrons. The lowest BCUT2D eigenvalue weighted by Gasteiger charge is -2.35. The summed E-state index contributed by atoms with van der Waals surface area (Å²) in [5.41, 5.74) is 1.13. The van der Waals surface area contributed by atoms with Gasteiger partial charge in [0.25, 0.3) is 0 Å². The number of aromatic carboxylic acids is 1. The third-order valence-electron chi connectivity index (χ3n) is 4.03. The summed E-state index contributed by atoms with van der Waals surface area (Å²) in [6.45, 7) is 3.45. The van der Waals surface area contributed by atoms with Crippen molar-refractivity contribution in [3.05, 3.63) is 52.9 Å². The Hall–Kier alpha value is -2.54. The maximum absolute atomic E-state index is 12.2. The average Bonchev–Trinajstić information content (AvgIpc) is 3.15. The lowest BCUT2D eigenvalue weighted by molar-refractivity contribution is 0.0697. The Morgan fingerprint density at radius 1 is 1.08 bits per heavy atom. The van der Waals surface area contributed by atoms with Gasteiger partial charge < -0.3 is 20.2 Å². The van der Waals surface area contributed by atoms with Crippen LogP contribution in [0.25, 0.3) is 0 Å². The van der Waals surface area contributed by atoms with Crippen LogP contribution in [0.1, 0.15) is 15.9 Å². The molecule has 2 amide bonds. The van der Waals surface area contributed by atoms with Crippen molar-refractivity contribution in [1.29, 1.82) is 0 Å². The zero-order chi connectivity index (χ0) is 16.9. The van der Waals surface area contributed by atoms with Crippen LogP contribution >= 0.6 is 11.3 Å². The van der Waals surface area contributed by atoms with Crippen LogP contribution in [0, 0.1) is 0 Å². The standard InChI is InChI=1S/C17H19N3O3S/c21-16(22)14-5-3-13(4-6-14)12-18-17(23)20-9-7-19(8-10-20)15-2-1-11-24-15/h1-6,11H,7-10,12H2,(H,18,23)(H,21,22). The molecule has 0 unspecified atom stereocenters. The van der Waals surface area contributed by atoms with E-state index in [1.54, 1.807) is 35.6 Å². The molecule has 0 atom stereocenters. The van der Waals surface area contributed by atoms with Crippen molar-refractivity contribution in [3.63, 3.8) is 0 Å². The SMILES string of the molecule is O=C(O)c1ccc(CNC(=O)N2CCN(c3cccs3)CC2)cc1. The second-order valence-electron chi connectivity index (χ2n) is 5.59. The molecule has 0 bridgehead atoms. The predicted molar refractivity (Wildman–Crippen MR) is 93.7 cm³/mol. The molecule has 1 aliphatic heterocycles. The van der Waals surface area contributed by atoms with E-state index in [0.717, 1.165) is 18.7 Å². The number of carboxylic acids is 1. The summed E-state index contributed by atoms with van der Waals surface area (Å²) in [6, 6.07) is 10.6. The number of urea groups is 1. The third kappa shape index (κ3) is 3.86. The molecule has 2 aromatic rings. The van der Waals surface area contributed by atoms with Crippen LogP contribution in [0.2, 0.25) is 0 Å². The minimum absolute atomic E-state index is 0.0804. The Bertz CT molecular complexity index is 692. The number of piperazine rings is 1. The molecule has 1 fully saturated rings. The van der Waals surface area contributed by atoms with E-state index in [-0.39, 0.29) is 11.6 Å². The first-order valence-corrected chi connectivity index (χ1v) is 8.65. The Labute approximate surface area is 144 Å². The van der Waals surface area contributed by atoms with Crippen molar-refractivity contribution in [2.24, 2.45) is 0 Å². The summed E-state index contributed by atoms with van der Waals surface area (Å²) in [5.74, 6) is -0.950. The van der Waals surface area contributed by atoms with Gasteiger partial charge in [-0.25, -0.2) is 9.59 Å². The van der Waals surface area contributed by atoms with E-state index < -0.39 is 5.97 Å². The lowest BCUT2D eigenvalue weighted by atomic mass is 10.1. The van der Waals surface area contributed by atoms with Crippen LogP contribution in [0.5, 0.6) is 0 Å².